The number of alkyl halides is 1. The molecule has 0 spiro atoms. The summed E-state index contributed by atoms with van der Waals surface area (Å²) in [6, 6.07) is 19.2. The van der Waals surface area contributed by atoms with E-state index in [9.17, 15) is 4.39 Å². The quantitative estimate of drug-likeness (QED) is 0.665. The molecule has 0 aliphatic heterocycles. The molecule has 0 saturated heterocycles. The van der Waals surface area contributed by atoms with Crippen LogP contribution in [0.3, 0.4) is 0 Å². The Hall–Kier alpha value is -1.67. The maximum Gasteiger partial charge on any atom is 0.108 e. The Kier molecular flexibility index (Phi) is 5.45. The van der Waals surface area contributed by atoms with Crippen LogP contribution in [0.1, 0.15) is 42.4 Å². The molecule has 1 fully saturated rings. The van der Waals surface area contributed by atoms with E-state index in [1.165, 1.54) is 16.7 Å². The summed E-state index contributed by atoms with van der Waals surface area (Å²) in [6.45, 7) is 5.44. The third-order valence-electron chi connectivity index (χ3n) is 4.76. The molecule has 0 aromatic heterocycles. The largest absolute Gasteiger partial charge is 0.299 e. The van der Waals surface area contributed by atoms with Crippen LogP contribution < -0.4 is 0 Å². The lowest BCUT2D eigenvalue weighted by molar-refractivity contribution is 0.276. The first-order chi connectivity index (χ1) is 11.3. The minimum Gasteiger partial charge on any atom is -0.299 e. The van der Waals surface area contributed by atoms with Gasteiger partial charge in [-0.25, -0.2) is 4.39 Å². The molecule has 0 radical (unpaired) electrons. The summed E-state index contributed by atoms with van der Waals surface area (Å²) in [5.74, 6) is 0.172. The molecular formula is C21H26FN. The van der Waals surface area contributed by atoms with Crippen molar-refractivity contribution in [3.63, 3.8) is 0 Å². The van der Waals surface area contributed by atoms with Crippen molar-refractivity contribution in [2.75, 3.05) is 13.1 Å². The van der Waals surface area contributed by atoms with E-state index in [2.05, 4.69) is 66.4 Å². The molecule has 2 aromatic carbocycles. The summed E-state index contributed by atoms with van der Waals surface area (Å²) >= 11 is 0. The van der Waals surface area contributed by atoms with Gasteiger partial charge in [-0.1, -0.05) is 61.5 Å². The number of rotatable bonds is 8. The molecular weight excluding hydrogens is 285 g/mol. The van der Waals surface area contributed by atoms with Gasteiger partial charge in [-0.15, -0.1) is 0 Å². The highest BCUT2D eigenvalue weighted by Gasteiger charge is 2.38. The Balaban J connectivity index is 1.44. The number of aryl methyl sites for hydroxylation is 1. The van der Waals surface area contributed by atoms with Crippen LogP contribution in [0.4, 0.5) is 4.39 Å². The van der Waals surface area contributed by atoms with Crippen molar-refractivity contribution in [1.29, 1.82) is 0 Å². The number of hydrogen-bond acceptors (Lipinski definition) is 1. The standard InChI is InChI=1S/C21H26FN/c1-2-23(16-18-7-4-3-5-8-18)14-6-9-17-10-12-19(13-11-17)20-15-21(20)22/h3-5,7-8,10-13,20-21H,2,6,9,14-16H2,1H3. The maximum absolute atomic E-state index is 13.1. The lowest BCUT2D eigenvalue weighted by atomic mass is 10.0. The maximum atomic E-state index is 13.1. The highest BCUT2D eigenvalue weighted by Crippen LogP contribution is 2.43. The fraction of sp³-hybridized carbons (Fsp3) is 0.429. The van der Waals surface area contributed by atoms with Crippen LogP contribution >= 0.6 is 0 Å². The van der Waals surface area contributed by atoms with Gasteiger partial charge in [0.1, 0.15) is 6.17 Å². The normalized spacial score (nSPS) is 20.0. The lowest BCUT2D eigenvalue weighted by Crippen LogP contribution is -2.24. The fourth-order valence-corrected chi connectivity index (χ4v) is 3.14. The fourth-order valence-electron chi connectivity index (χ4n) is 3.14. The second kappa shape index (κ2) is 7.74. The summed E-state index contributed by atoms with van der Waals surface area (Å²) in [5.41, 5.74) is 3.91. The molecule has 2 heteroatoms. The molecule has 3 rings (SSSR count). The van der Waals surface area contributed by atoms with Gasteiger partial charge in [-0.3, -0.25) is 4.90 Å². The molecule has 1 nitrogen and oxygen atoms in total. The molecule has 1 aliphatic carbocycles. The first-order valence-electron chi connectivity index (χ1n) is 8.75. The number of benzene rings is 2. The average Bonchev–Trinajstić information content (AvgIpc) is 3.32. The van der Waals surface area contributed by atoms with Crippen molar-refractivity contribution in [2.45, 2.75) is 44.8 Å². The van der Waals surface area contributed by atoms with Gasteiger partial charge in [0.25, 0.3) is 0 Å². The Labute approximate surface area is 139 Å². The molecule has 0 amide bonds. The van der Waals surface area contributed by atoms with E-state index >= 15 is 0 Å². The molecule has 0 N–H and O–H groups in total. The van der Waals surface area contributed by atoms with Crippen LogP contribution in [0.5, 0.6) is 0 Å². The van der Waals surface area contributed by atoms with Crippen LogP contribution in [-0.2, 0) is 13.0 Å². The predicted octanol–water partition coefficient (Wildman–Crippen LogP) is 4.97. The zero-order valence-electron chi connectivity index (χ0n) is 13.9. The van der Waals surface area contributed by atoms with Crippen LogP contribution in [0.15, 0.2) is 54.6 Å². The highest BCUT2D eigenvalue weighted by atomic mass is 19.1. The summed E-state index contributed by atoms with van der Waals surface area (Å²) < 4.78 is 13.1. The first-order valence-corrected chi connectivity index (χ1v) is 8.75. The molecule has 2 unspecified atom stereocenters. The van der Waals surface area contributed by atoms with Crippen molar-refractivity contribution < 1.29 is 4.39 Å². The van der Waals surface area contributed by atoms with Crippen molar-refractivity contribution >= 4 is 0 Å². The molecule has 2 aromatic rings. The molecule has 0 heterocycles. The average molecular weight is 311 g/mol. The van der Waals surface area contributed by atoms with Crippen molar-refractivity contribution in [2.24, 2.45) is 0 Å². The predicted molar refractivity (Wildman–Crippen MR) is 94.4 cm³/mol. The Morgan fingerprint density at radius 1 is 1.00 bits per heavy atom. The number of nitrogens with zero attached hydrogens (tertiary/aromatic N) is 1. The van der Waals surface area contributed by atoms with Crippen LogP contribution in [-0.4, -0.2) is 24.2 Å². The van der Waals surface area contributed by atoms with Gasteiger partial charge in [0.05, 0.1) is 0 Å². The molecule has 0 bridgehead atoms. The van der Waals surface area contributed by atoms with Gasteiger partial charge in [0.15, 0.2) is 0 Å². The Bertz CT molecular complexity index is 593. The monoisotopic (exact) mass is 311 g/mol. The van der Waals surface area contributed by atoms with E-state index in [-0.39, 0.29) is 5.92 Å². The van der Waals surface area contributed by atoms with Crippen LogP contribution in [0.25, 0.3) is 0 Å². The minimum atomic E-state index is -0.600. The lowest BCUT2D eigenvalue weighted by Gasteiger charge is -2.20. The second-order valence-electron chi connectivity index (χ2n) is 6.56. The summed E-state index contributed by atoms with van der Waals surface area (Å²) in [6.07, 6.45) is 2.37. The highest BCUT2D eigenvalue weighted by molar-refractivity contribution is 5.30. The van der Waals surface area contributed by atoms with Crippen molar-refractivity contribution in [3.8, 4) is 0 Å². The molecule has 1 saturated carbocycles. The van der Waals surface area contributed by atoms with Crippen molar-refractivity contribution in [3.05, 3.63) is 71.3 Å². The molecule has 23 heavy (non-hydrogen) atoms. The van der Waals surface area contributed by atoms with E-state index in [0.717, 1.165) is 32.5 Å². The third kappa shape index (κ3) is 4.65. The van der Waals surface area contributed by atoms with Gasteiger partial charge in [-0.05, 0) is 49.0 Å². The summed E-state index contributed by atoms with van der Waals surface area (Å²) in [5, 5.41) is 0. The second-order valence-corrected chi connectivity index (χ2v) is 6.56. The SMILES string of the molecule is CCN(CCCc1ccc(C2CC2F)cc1)Cc1ccccc1. The zero-order chi connectivity index (χ0) is 16.1. The van der Waals surface area contributed by atoms with Gasteiger partial charge in [0.2, 0.25) is 0 Å². The summed E-state index contributed by atoms with van der Waals surface area (Å²) in [7, 11) is 0. The Morgan fingerprint density at radius 3 is 2.30 bits per heavy atom. The van der Waals surface area contributed by atoms with E-state index in [4.69, 9.17) is 0 Å². The zero-order valence-corrected chi connectivity index (χ0v) is 13.9. The molecule has 122 valence electrons. The number of hydrogen-bond donors (Lipinski definition) is 0. The van der Waals surface area contributed by atoms with Gasteiger partial charge < -0.3 is 0 Å². The van der Waals surface area contributed by atoms with Gasteiger partial charge >= 0.3 is 0 Å². The molecule has 2 atom stereocenters. The Morgan fingerprint density at radius 2 is 1.70 bits per heavy atom. The minimum absolute atomic E-state index is 0.172. The van der Waals surface area contributed by atoms with E-state index in [1.54, 1.807) is 0 Å². The smallest absolute Gasteiger partial charge is 0.108 e. The number of halogens is 1. The van der Waals surface area contributed by atoms with Crippen molar-refractivity contribution in [1.82, 2.24) is 4.90 Å². The topological polar surface area (TPSA) is 3.24 Å². The van der Waals surface area contributed by atoms with Crippen LogP contribution in [0.2, 0.25) is 0 Å². The van der Waals surface area contributed by atoms with E-state index < -0.39 is 6.17 Å². The summed E-state index contributed by atoms with van der Waals surface area (Å²) in [4.78, 5) is 2.49. The first kappa shape index (κ1) is 16.2. The van der Waals surface area contributed by atoms with E-state index in [0.29, 0.717) is 6.42 Å². The van der Waals surface area contributed by atoms with Crippen LogP contribution in [0, 0.1) is 0 Å². The molecule has 1 aliphatic rings. The van der Waals surface area contributed by atoms with Gasteiger partial charge in [-0.2, -0.15) is 0 Å². The van der Waals surface area contributed by atoms with E-state index in [1.807, 2.05) is 0 Å². The third-order valence-corrected chi connectivity index (χ3v) is 4.76. The van der Waals surface area contributed by atoms with Gasteiger partial charge in [0, 0.05) is 12.5 Å².